The number of carbonyl (C=O) groups excluding carboxylic acids is 3. The van der Waals surface area contributed by atoms with E-state index in [0.717, 1.165) is 103 Å². The molecule has 0 fully saturated rings. The lowest BCUT2D eigenvalue weighted by Gasteiger charge is -2.18. The van der Waals surface area contributed by atoms with Crippen LogP contribution in [0.25, 0.3) is 0 Å². The third kappa shape index (κ3) is 55.6. The Balaban J connectivity index is 4.35. The molecule has 0 heterocycles. The average Bonchev–Trinajstić information content (AvgIpc) is 3.35. The lowest BCUT2D eigenvalue weighted by molar-refractivity contribution is -0.167. The van der Waals surface area contributed by atoms with E-state index >= 15 is 0 Å². The Morgan fingerprint density at radius 1 is 0.304 bits per heavy atom. The summed E-state index contributed by atoms with van der Waals surface area (Å²) in [6, 6.07) is 0. The van der Waals surface area contributed by atoms with E-state index in [1.54, 1.807) is 0 Å². The number of esters is 3. The Morgan fingerprint density at radius 3 is 0.957 bits per heavy atom. The van der Waals surface area contributed by atoms with Gasteiger partial charge in [0.25, 0.3) is 0 Å². The molecule has 0 radical (unpaired) electrons. The van der Waals surface area contributed by atoms with Gasteiger partial charge in [-0.25, -0.2) is 0 Å². The van der Waals surface area contributed by atoms with E-state index < -0.39 is 6.10 Å². The summed E-state index contributed by atoms with van der Waals surface area (Å²) >= 11 is 0. The van der Waals surface area contributed by atoms with Gasteiger partial charge in [-0.2, -0.15) is 0 Å². The number of unbranched alkanes of at least 4 members (excludes halogenated alkanes) is 30. The van der Waals surface area contributed by atoms with Crippen molar-refractivity contribution >= 4 is 17.9 Å². The number of carbonyl (C=O) groups is 3. The van der Waals surface area contributed by atoms with Crippen LogP contribution in [0.2, 0.25) is 0 Å². The molecule has 0 aromatic heterocycles. The fourth-order valence-corrected chi connectivity index (χ4v) is 8.27. The molecule has 6 heteroatoms. The monoisotopic (exact) mass is 963 g/mol. The summed E-state index contributed by atoms with van der Waals surface area (Å²) in [5.74, 6) is -0.922. The molecule has 398 valence electrons. The normalized spacial score (nSPS) is 12.6. The molecule has 1 atom stereocenters. The van der Waals surface area contributed by atoms with Gasteiger partial charge in [0, 0.05) is 19.3 Å². The summed E-state index contributed by atoms with van der Waals surface area (Å²) in [6.45, 7) is 6.48. The molecule has 69 heavy (non-hydrogen) atoms. The van der Waals surface area contributed by atoms with Gasteiger partial charge in [-0.3, -0.25) is 14.4 Å². The molecule has 0 N–H and O–H groups in total. The van der Waals surface area contributed by atoms with Gasteiger partial charge < -0.3 is 14.2 Å². The number of allylic oxidation sites excluding steroid dienone is 12. The van der Waals surface area contributed by atoms with Crippen molar-refractivity contribution in [3.05, 3.63) is 72.9 Å². The van der Waals surface area contributed by atoms with Crippen LogP contribution in [-0.4, -0.2) is 37.2 Å². The topological polar surface area (TPSA) is 78.9 Å². The zero-order valence-corrected chi connectivity index (χ0v) is 45.6. The Labute approximate surface area is 427 Å². The Kier molecular flexibility index (Phi) is 54.8. The molecule has 0 aliphatic heterocycles. The minimum Gasteiger partial charge on any atom is -0.462 e. The standard InChI is InChI=1S/C63H110O6/c1-4-7-10-13-16-19-22-24-26-28-30-31-33-34-36-38-41-44-47-50-53-56-62(65)68-59-60(58-67-61(64)55-52-49-46-43-40-21-18-15-12-9-6-3)69-63(66)57-54-51-48-45-42-39-37-35-32-29-27-25-23-20-17-14-11-8-5-2/h8,11,15,17-18,20,25,27,32,35,39,42,60H,4-7,9-10,12-14,16,19,21-24,26,28-31,33-34,36-38,40-41,43-59H2,1-3H3/b11-8-,18-15-,20-17-,27-25-,35-32-,42-39-/t60-/m1/s1. The minimum atomic E-state index is -0.795. The van der Waals surface area contributed by atoms with Crippen molar-refractivity contribution in [3.8, 4) is 0 Å². The van der Waals surface area contributed by atoms with E-state index in [2.05, 4.69) is 93.7 Å². The first-order valence-corrected chi connectivity index (χ1v) is 29.4. The van der Waals surface area contributed by atoms with Gasteiger partial charge in [-0.1, -0.05) is 261 Å². The molecule has 0 amide bonds. The predicted octanol–water partition coefficient (Wildman–Crippen LogP) is 19.8. The molecule has 0 bridgehead atoms. The molecular weight excluding hydrogens is 853 g/mol. The molecule has 0 aromatic rings. The largest absolute Gasteiger partial charge is 0.462 e. The van der Waals surface area contributed by atoms with Gasteiger partial charge in [0.1, 0.15) is 13.2 Å². The molecule has 0 rings (SSSR count). The third-order valence-corrected chi connectivity index (χ3v) is 12.7. The number of rotatable bonds is 53. The summed E-state index contributed by atoms with van der Waals surface area (Å²) < 4.78 is 16.8. The zero-order valence-electron chi connectivity index (χ0n) is 45.6. The molecule has 0 aliphatic rings. The van der Waals surface area contributed by atoms with Crippen molar-refractivity contribution in [1.29, 1.82) is 0 Å². The van der Waals surface area contributed by atoms with Gasteiger partial charge in [0.05, 0.1) is 0 Å². The molecule has 0 aromatic carbocycles. The van der Waals surface area contributed by atoms with Crippen LogP contribution in [0.15, 0.2) is 72.9 Å². The Morgan fingerprint density at radius 2 is 0.580 bits per heavy atom. The van der Waals surface area contributed by atoms with Gasteiger partial charge in [-0.05, 0) is 83.5 Å². The SMILES string of the molecule is CC/C=C\C/C=C\C/C=C\C/C=C\C/C=C\CCCCCC(=O)O[C@H](COC(=O)CCCCCCC/C=C\CCCC)COC(=O)CCCCCCCCCCCCCCCCCCCCCCC. The minimum absolute atomic E-state index is 0.0892. The van der Waals surface area contributed by atoms with Crippen LogP contribution in [0.4, 0.5) is 0 Å². The highest BCUT2D eigenvalue weighted by atomic mass is 16.6. The molecule has 0 unspecified atom stereocenters. The second kappa shape index (κ2) is 57.4. The smallest absolute Gasteiger partial charge is 0.306 e. The van der Waals surface area contributed by atoms with Crippen molar-refractivity contribution < 1.29 is 28.6 Å². The van der Waals surface area contributed by atoms with E-state index in [4.69, 9.17) is 14.2 Å². The summed E-state index contributed by atoms with van der Waals surface area (Å²) in [5.41, 5.74) is 0. The molecular formula is C63H110O6. The highest BCUT2D eigenvalue weighted by Gasteiger charge is 2.19. The van der Waals surface area contributed by atoms with Gasteiger partial charge in [0.15, 0.2) is 6.10 Å². The lowest BCUT2D eigenvalue weighted by Crippen LogP contribution is -2.30. The van der Waals surface area contributed by atoms with E-state index in [0.29, 0.717) is 12.8 Å². The molecule has 0 spiro atoms. The van der Waals surface area contributed by atoms with E-state index in [9.17, 15) is 14.4 Å². The maximum absolute atomic E-state index is 12.8. The summed E-state index contributed by atoms with van der Waals surface area (Å²) in [5, 5.41) is 0. The van der Waals surface area contributed by atoms with Crippen molar-refractivity contribution in [2.24, 2.45) is 0 Å². The second-order valence-electron chi connectivity index (χ2n) is 19.5. The number of hydrogen-bond acceptors (Lipinski definition) is 6. The van der Waals surface area contributed by atoms with Crippen LogP contribution >= 0.6 is 0 Å². The summed E-state index contributed by atoms with van der Waals surface area (Å²) in [7, 11) is 0. The highest BCUT2D eigenvalue weighted by molar-refractivity contribution is 5.71. The maximum Gasteiger partial charge on any atom is 0.306 e. The van der Waals surface area contributed by atoms with Crippen molar-refractivity contribution in [2.45, 2.75) is 297 Å². The predicted molar refractivity (Wildman–Crippen MR) is 298 cm³/mol. The van der Waals surface area contributed by atoms with Crippen LogP contribution in [0.3, 0.4) is 0 Å². The lowest BCUT2D eigenvalue weighted by atomic mass is 10.0. The van der Waals surface area contributed by atoms with Crippen LogP contribution in [0.5, 0.6) is 0 Å². The van der Waals surface area contributed by atoms with Crippen molar-refractivity contribution in [3.63, 3.8) is 0 Å². The zero-order chi connectivity index (χ0) is 50.0. The number of ether oxygens (including phenoxy) is 3. The van der Waals surface area contributed by atoms with Gasteiger partial charge in [0.2, 0.25) is 0 Å². The second-order valence-corrected chi connectivity index (χ2v) is 19.5. The summed E-state index contributed by atoms with van der Waals surface area (Å²) in [4.78, 5) is 38.1. The molecule has 6 nitrogen and oxygen atoms in total. The van der Waals surface area contributed by atoms with Gasteiger partial charge >= 0.3 is 17.9 Å². The van der Waals surface area contributed by atoms with Crippen molar-refractivity contribution in [2.75, 3.05) is 13.2 Å². The molecule has 0 saturated carbocycles. The van der Waals surface area contributed by atoms with E-state index in [-0.39, 0.29) is 37.5 Å². The van der Waals surface area contributed by atoms with Crippen LogP contribution in [0, 0.1) is 0 Å². The number of hydrogen-bond donors (Lipinski definition) is 0. The third-order valence-electron chi connectivity index (χ3n) is 12.7. The first-order valence-electron chi connectivity index (χ1n) is 29.4. The van der Waals surface area contributed by atoms with E-state index in [1.807, 2.05) is 0 Å². The maximum atomic E-state index is 12.8. The Bertz CT molecular complexity index is 1290. The highest BCUT2D eigenvalue weighted by Crippen LogP contribution is 2.16. The fourth-order valence-electron chi connectivity index (χ4n) is 8.27. The van der Waals surface area contributed by atoms with Crippen LogP contribution in [-0.2, 0) is 28.6 Å². The van der Waals surface area contributed by atoms with Crippen LogP contribution in [0.1, 0.15) is 290 Å². The summed E-state index contributed by atoms with van der Waals surface area (Å²) in [6.07, 6.45) is 73.3. The Hall–Kier alpha value is -3.15. The fraction of sp³-hybridized carbons (Fsp3) is 0.762. The molecule has 0 saturated heterocycles. The van der Waals surface area contributed by atoms with Crippen molar-refractivity contribution in [1.82, 2.24) is 0 Å². The van der Waals surface area contributed by atoms with Crippen LogP contribution < -0.4 is 0 Å². The molecule has 0 aliphatic carbocycles. The van der Waals surface area contributed by atoms with E-state index in [1.165, 1.54) is 148 Å². The quantitative estimate of drug-likeness (QED) is 0.0262. The van der Waals surface area contributed by atoms with Gasteiger partial charge in [-0.15, -0.1) is 0 Å². The average molecular weight is 964 g/mol. The first-order chi connectivity index (χ1) is 34.0. The first kappa shape index (κ1) is 65.8.